The Morgan fingerprint density at radius 1 is 1.06 bits per heavy atom. The van der Waals surface area contributed by atoms with E-state index in [4.69, 9.17) is 0 Å². The summed E-state index contributed by atoms with van der Waals surface area (Å²) in [6, 6.07) is 10.3. The van der Waals surface area contributed by atoms with Crippen LogP contribution in [0.3, 0.4) is 0 Å². The van der Waals surface area contributed by atoms with E-state index in [1.54, 1.807) is 34.5 Å². The summed E-state index contributed by atoms with van der Waals surface area (Å²) >= 11 is 0. The van der Waals surface area contributed by atoms with Crippen LogP contribution in [-0.4, -0.2) is 40.4 Å². The Hall–Kier alpha value is -3.33. The van der Waals surface area contributed by atoms with Crippen molar-refractivity contribution in [2.24, 2.45) is 7.05 Å². The first-order chi connectivity index (χ1) is 14.8. The minimum absolute atomic E-state index is 0.169. The van der Waals surface area contributed by atoms with E-state index in [1.165, 1.54) is 12.1 Å². The number of hydrogen-bond acceptors (Lipinski definition) is 3. The molecule has 0 saturated heterocycles. The van der Waals surface area contributed by atoms with Crippen LogP contribution in [0.25, 0.3) is 27.6 Å². The van der Waals surface area contributed by atoms with Crippen LogP contribution < -0.4 is 10.6 Å². The maximum atomic E-state index is 13.0. The summed E-state index contributed by atoms with van der Waals surface area (Å²) < 4.78 is 42.3. The summed E-state index contributed by atoms with van der Waals surface area (Å²) in [6.07, 6.45) is -1.73. The van der Waals surface area contributed by atoms with E-state index in [0.717, 1.165) is 41.4 Å². The fraction of sp³-hybridized carbons (Fsp3) is 0.273. The van der Waals surface area contributed by atoms with Crippen molar-refractivity contribution in [3.05, 3.63) is 59.8 Å². The Labute approximate surface area is 176 Å². The second-order valence-electron chi connectivity index (χ2n) is 7.37. The second-order valence-corrected chi connectivity index (χ2v) is 7.37. The van der Waals surface area contributed by atoms with Crippen molar-refractivity contribution in [2.75, 3.05) is 20.1 Å². The van der Waals surface area contributed by atoms with E-state index in [9.17, 15) is 18.0 Å². The summed E-state index contributed by atoms with van der Waals surface area (Å²) in [5.41, 5.74) is 1.76. The van der Waals surface area contributed by atoms with Crippen LogP contribution in [0.4, 0.5) is 13.2 Å². The summed E-state index contributed by atoms with van der Waals surface area (Å²) in [5, 5.41) is 12.1. The first-order valence-electron chi connectivity index (χ1n) is 9.88. The number of hydrogen-bond donors (Lipinski definition) is 2. The summed E-state index contributed by atoms with van der Waals surface area (Å²) in [5.74, 6) is -0.169. The van der Waals surface area contributed by atoms with E-state index in [1.807, 2.05) is 13.2 Å². The topological polar surface area (TPSA) is 63.9 Å². The Bertz CT molecular complexity index is 1240. The van der Waals surface area contributed by atoms with Crippen LogP contribution in [0.2, 0.25) is 0 Å². The molecule has 2 heterocycles. The number of amides is 1. The van der Waals surface area contributed by atoms with Gasteiger partial charge in [0.25, 0.3) is 5.91 Å². The first kappa shape index (κ1) is 20.9. The van der Waals surface area contributed by atoms with Gasteiger partial charge in [0.1, 0.15) is 0 Å². The van der Waals surface area contributed by atoms with E-state index in [0.29, 0.717) is 23.4 Å². The molecule has 0 aliphatic carbocycles. The molecule has 0 atom stereocenters. The number of alkyl halides is 3. The van der Waals surface area contributed by atoms with Gasteiger partial charge in [0.2, 0.25) is 0 Å². The molecule has 162 valence electrons. The molecule has 0 aliphatic rings. The minimum atomic E-state index is -4.40. The first-order valence-corrected chi connectivity index (χ1v) is 9.88. The number of aryl methyl sites for hydroxylation is 1. The number of nitrogens with one attached hydrogen (secondary N) is 2. The number of benzene rings is 2. The summed E-state index contributed by atoms with van der Waals surface area (Å²) in [4.78, 5) is 12.5. The number of halogens is 3. The second kappa shape index (κ2) is 8.07. The third-order valence-electron chi connectivity index (χ3n) is 5.15. The molecule has 2 aromatic heterocycles. The number of fused-ring (bicyclic) bond motifs is 3. The van der Waals surface area contributed by atoms with Crippen molar-refractivity contribution in [3.8, 4) is 5.69 Å². The van der Waals surface area contributed by atoms with Crippen LogP contribution in [0.5, 0.6) is 0 Å². The molecule has 0 saturated carbocycles. The SMILES string of the molecule is CNCCCNC(=O)c1ccc2c(c1)c1cn(C)nc1n2-c1ccc(C(F)(F)F)cc1. The highest BCUT2D eigenvalue weighted by molar-refractivity contribution is 6.10. The molecule has 0 spiro atoms. The molecule has 9 heteroatoms. The highest BCUT2D eigenvalue weighted by Gasteiger charge is 2.30. The van der Waals surface area contributed by atoms with E-state index in [2.05, 4.69) is 15.7 Å². The quantitative estimate of drug-likeness (QED) is 0.458. The molecule has 2 aromatic carbocycles. The van der Waals surface area contributed by atoms with Crippen molar-refractivity contribution >= 4 is 27.8 Å². The van der Waals surface area contributed by atoms with E-state index in [-0.39, 0.29) is 5.91 Å². The van der Waals surface area contributed by atoms with Gasteiger partial charge < -0.3 is 10.6 Å². The Balaban J connectivity index is 1.76. The molecule has 6 nitrogen and oxygen atoms in total. The van der Waals surface area contributed by atoms with Crippen LogP contribution in [0.1, 0.15) is 22.3 Å². The fourth-order valence-electron chi connectivity index (χ4n) is 3.66. The molecule has 0 aliphatic heterocycles. The Morgan fingerprint density at radius 2 is 1.81 bits per heavy atom. The van der Waals surface area contributed by atoms with Gasteiger partial charge in [0.15, 0.2) is 5.65 Å². The molecule has 31 heavy (non-hydrogen) atoms. The van der Waals surface area contributed by atoms with Gasteiger partial charge in [-0.15, -0.1) is 0 Å². The molecule has 4 aromatic rings. The summed E-state index contributed by atoms with van der Waals surface area (Å²) in [6.45, 7) is 1.37. The van der Waals surface area contributed by atoms with Gasteiger partial charge in [-0.05, 0) is 62.5 Å². The number of carbonyl (C=O) groups excluding carboxylic acids is 1. The molecule has 0 radical (unpaired) electrons. The molecule has 1 amide bonds. The van der Waals surface area contributed by atoms with Gasteiger partial charge in [-0.2, -0.15) is 18.3 Å². The van der Waals surface area contributed by atoms with Crippen molar-refractivity contribution < 1.29 is 18.0 Å². The standard InChI is InChI=1S/C22H22F3N5O/c1-26-10-3-11-27-21(31)14-4-9-19-17(12-14)18-13-29(2)28-20(18)30(19)16-7-5-15(6-8-16)22(23,24)25/h4-9,12-13,26H,3,10-11H2,1-2H3,(H,27,31). The normalized spacial score (nSPS) is 12.0. The van der Waals surface area contributed by atoms with E-state index < -0.39 is 11.7 Å². The number of nitrogens with zero attached hydrogens (tertiary/aromatic N) is 3. The third-order valence-corrected chi connectivity index (χ3v) is 5.15. The predicted octanol–water partition coefficient (Wildman–Crippen LogP) is 3.88. The lowest BCUT2D eigenvalue weighted by Crippen LogP contribution is -2.26. The van der Waals surface area contributed by atoms with Gasteiger partial charge in [0.05, 0.1) is 11.1 Å². The number of carbonyl (C=O) groups is 1. The highest BCUT2D eigenvalue weighted by Crippen LogP contribution is 2.34. The smallest absolute Gasteiger partial charge is 0.352 e. The Kier molecular flexibility index (Phi) is 5.45. The molecule has 0 fully saturated rings. The average Bonchev–Trinajstić information content (AvgIpc) is 3.25. The van der Waals surface area contributed by atoms with Crippen LogP contribution in [0.15, 0.2) is 48.7 Å². The van der Waals surface area contributed by atoms with Crippen LogP contribution >= 0.6 is 0 Å². The lowest BCUT2D eigenvalue weighted by atomic mass is 10.1. The number of rotatable bonds is 6. The minimum Gasteiger partial charge on any atom is -0.352 e. The lowest BCUT2D eigenvalue weighted by molar-refractivity contribution is -0.137. The zero-order valence-electron chi connectivity index (χ0n) is 17.1. The zero-order chi connectivity index (χ0) is 22.2. The molecule has 4 rings (SSSR count). The predicted molar refractivity (Wildman–Crippen MR) is 113 cm³/mol. The largest absolute Gasteiger partial charge is 0.416 e. The van der Waals surface area contributed by atoms with Gasteiger partial charge in [0, 0.05) is 41.8 Å². The number of aromatic nitrogens is 3. The summed E-state index contributed by atoms with van der Waals surface area (Å²) in [7, 11) is 3.64. The van der Waals surface area contributed by atoms with Gasteiger partial charge in [-0.1, -0.05) is 0 Å². The van der Waals surface area contributed by atoms with Crippen molar-refractivity contribution in [1.29, 1.82) is 0 Å². The van der Waals surface area contributed by atoms with Gasteiger partial charge >= 0.3 is 6.18 Å². The van der Waals surface area contributed by atoms with Gasteiger partial charge in [-0.3, -0.25) is 14.0 Å². The van der Waals surface area contributed by atoms with E-state index >= 15 is 0 Å². The zero-order valence-corrected chi connectivity index (χ0v) is 17.1. The average molecular weight is 429 g/mol. The molecule has 2 N–H and O–H groups in total. The third kappa shape index (κ3) is 4.00. The Morgan fingerprint density at radius 3 is 2.48 bits per heavy atom. The molecule has 0 bridgehead atoms. The van der Waals surface area contributed by atoms with Gasteiger partial charge in [-0.25, -0.2) is 0 Å². The fourth-order valence-corrected chi connectivity index (χ4v) is 3.66. The van der Waals surface area contributed by atoms with Crippen LogP contribution in [-0.2, 0) is 13.2 Å². The maximum Gasteiger partial charge on any atom is 0.416 e. The maximum absolute atomic E-state index is 13.0. The molecular formula is C22H22F3N5O. The van der Waals surface area contributed by atoms with Crippen molar-refractivity contribution in [1.82, 2.24) is 25.0 Å². The molecular weight excluding hydrogens is 407 g/mol. The molecule has 0 unspecified atom stereocenters. The monoisotopic (exact) mass is 429 g/mol. The van der Waals surface area contributed by atoms with Crippen molar-refractivity contribution in [2.45, 2.75) is 12.6 Å². The van der Waals surface area contributed by atoms with Crippen LogP contribution in [0, 0.1) is 0 Å². The van der Waals surface area contributed by atoms with Crippen molar-refractivity contribution in [3.63, 3.8) is 0 Å². The lowest BCUT2D eigenvalue weighted by Gasteiger charge is -2.10. The highest BCUT2D eigenvalue weighted by atomic mass is 19.4.